The molecule has 1 saturated heterocycles. The molecule has 0 N–H and O–H groups in total. The van der Waals surface area contributed by atoms with Crippen molar-refractivity contribution < 1.29 is 14.4 Å². The zero-order valence-corrected chi connectivity index (χ0v) is 24.2. The average molecular weight is 624 g/mol. The number of allylic oxidation sites excluding steroid dienone is 1. The number of amides is 3. The smallest absolute Gasteiger partial charge is 0.264 e. The van der Waals surface area contributed by atoms with Crippen LogP contribution in [0.4, 0.5) is 5.69 Å². The fraction of sp³-hybridized carbons (Fsp3) is 0.250. The minimum Gasteiger partial charge on any atom is -0.271 e. The first-order chi connectivity index (χ1) is 20.5. The Morgan fingerprint density at radius 1 is 0.905 bits per heavy atom. The van der Waals surface area contributed by atoms with Crippen molar-refractivity contribution in [1.29, 1.82) is 0 Å². The summed E-state index contributed by atoms with van der Waals surface area (Å²) in [5.41, 5.74) is 4.63. The average Bonchev–Trinajstić information content (AvgIpc) is 3.68. The molecular weight excluding hydrogens is 596 g/mol. The molecule has 1 aliphatic carbocycles. The van der Waals surface area contributed by atoms with Crippen LogP contribution in [0.2, 0.25) is 0 Å². The highest BCUT2D eigenvalue weighted by atomic mass is 79.9. The third-order valence-corrected chi connectivity index (χ3v) is 8.81. The minimum absolute atomic E-state index is 0.0515. The summed E-state index contributed by atoms with van der Waals surface area (Å²) in [5, 5.41) is 16.1. The summed E-state index contributed by atoms with van der Waals surface area (Å²) in [6.07, 6.45) is 4.97. The number of imide groups is 1. The second kappa shape index (κ2) is 10.8. The SMILES string of the molecule is O=C1[C@H]2N=NN(CC(=O)N3N=C4/C(=C/c5ccccc5)CCC[C@H]4[C@H]3c3ccccc3)[C@H]2C(=O)N1c1ccc(Br)cc1. The van der Waals surface area contributed by atoms with Crippen LogP contribution in [-0.4, -0.2) is 52.1 Å². The Morgan fingerprint density at radius 3 is 2.36 bits per heavy atom. The number of hydrogen-bond donors (Lipinski definition) is 0. The molecule has 210 valence electrons. The van der Waals surface area contributed by atoms with Crippen molar-refractivity contribution in [3.05, 3.63) is 106 Å². The molecule has 4 atom stereocenters. The molecule has 3 amide bonds. The lowest BCUT2D eigenvalue weighted by Gasteiger charge is -2.30. The van der Waals surface area contributed by atoms with Crippen LogP contribution in [-0.2, 0) is 14.4 Å². The highest BCUT2D eigenvalue weighted by Crippen LogP contribution is 2.44. The molecule has 3 heterocycles. The van der Waals surface area contributed by atoms with E-state index < -0.39 is 23.9 Å². The lowest BCUT2D eigenvalue weighted by Crippen LogP contribution is -2.45. The van der Waals surface area contributed by atoms with E-state index in [0.29, 0.717) is 5.69 Å². The van der Waals surface area contributed by atoms with E-state index in [-0.39, 0.29) is 24.4 Å². The number of rotatable bonds is 5. The van der Waals surface area contributed by atoms with E-state index in [1.54, 1.807) is 29.3 Å². The summed E-state index contributed by atoms with van der Waals surface area (Å²) in [6.45, 7) is -0.220. The van der Waals surface area contributed by atoms with E-state index >= 15 is 0 Å². The Hall–Kier alpha value is -4.44. The number of nitrogens with zero attached hydrogens (tertiary/aromatic N) is 6. The van der Waals surface area contributed by atoms with Gasteiger partial charge >= 0.3 is 0 Å². The van der Waals surface area contributed by atoms with Crippen LogP contribution in [0.3, 0.4) is 0 Å². The highest BCUT2D eigenvalue weighted by molar-refractivity contribution is 9.10. The van der Waals surface area contributed by atoms with E-state index in [0.717, 1.165) is 51.0 Å². The standard InChI is InChI=1S/C32H27BrN6O3/c33-23-14-16-24(17-15-23)38-31(41)28-30(32(38)42)37(36-34-28)19-26(40)39-29(21-10-5-2-6-11-21)25-13-7-12-22(27(25)35-39)18-20-8-3-1-4-9-20/h1-6,8-11,14-18,25,28-30H,7,12-13,19H2/b22-18+/t25-,28+,29-,30-/m1/s1. The maximum absolute atomic E-state index is 14.0. The van der Waals surface area contributed by atoms with Crippen LogP contribution in [0.1, 0.15) is 36.4 Å². The molecule has 4 aliphatic rings. The number of carbonyl (C=O) groups is 3. The zero-order chi connectivity index (χ0) is 28.8. The molecule has 7 rings (SSSR count). The molecule has 0 aromatic heterocycles. The van der Waals surface area contributed by atoms with Crippen molar-refractivity contribution in [3.8, 4) is 0 Å². The van der Waals surface area contributed by atoms with E-state index in [9.17, 15) is 14.4 Å². The maximum atomic E-state index is 14.0. The van der Waals surface area contributed by atoms with Gasteiger partial charge in [0, 0.05) is 10.4 Å². The topological polar surface area (TPSA) is 98.0 Å². The second-order valence-electron chi connectivity index (χ2n) is 10.8. The summed E-state index contributed by atoms with van der Waals surface area (Å²) in [4.78, 5) is 41.8. The van der Waals surface area contributed by atoms with Gasteiger partial charge in [-0.2, -0.15) is 10.2 Å². The Labute approximate surface area is 251 Å². The molecule has 3 aliphatic heterocycles. The van der Waals surface area contributed by atoms with E-state index in [4.69, 9.17) is 5.10 Å². The molecule has 0 radical (unpaired) electrons. The fourth-order valence-corrected chi connectivity index (χ4v) is 6.61. The van der Waals surface area contributed by atoms with Crippen molar-refractivity contribution in [2.45, 2.75) is 37.4 Å². The van der Waals surface area contributed by atoms with Crippen molar-refractivity contribution in [1.82, 2.24) is 10.0 Å². The number of anilines is 1. The van der Waals surface area contributed by atoms with Crippen molar-refractivity contribution in [3.63, 3.8) is 0 Å². The van der Waals surface area contributed by atoms with Crippen LogP contribution in [0.5, 0.6) is 0 Å². The normalized spacial score (nSPS) is 25.7. The number of carbonyl (C=O) groups excluding carboxylic acids is 3. The van der Waals surface area contributed by atoms with Crippen LogP contribution in [0.25, 0.3) is 6.08 Å². The maximum Gasteiger partial charge on any atom is 0.264 e. The zero-order valence-electron chi connectivity index (χ0n) is 22.6. The Morgan fingerprint density at radius 2 is 1.62 bits per heavy atom. The Balaban J connectivity index is 1.18. The highest BCUT2D eigenvalue weighted by Gasteiger charge is 2.55. The molecule has 10 heteroatoms. The molecule has 1 saturated carbocycles. The van der Waals surface area contributed by atoms with Gasteiger partial charge in [-0.15, -0.1) is 0 Å². The lowest BCUT2D eigenvalue weighted by atomic mass is 9.77. The Bertz CT molecular complexity index is 1640. The van der Waals surface area contributed by atoms with Gasteiger partial charge in [-0.25, -0.2) is 9.91 Å². The van der Waals surface area contributed by atoms with E-state index in [1.165, 1.54) is 5.01 Å². The first-order valence-electron chi connectivity index (χ1n) is 14.0. The van der Waals surface area contributed by atoms with Crippen LogP contribution >= 0.6 is 15.9 Å². The molecule has 0 bridgehead atoms. The van der Waals surface area contributed by atoms with Gasteiger partial charge in [-0.1, -0.05) is 81.8 Å². The number of halogens is 1. The summed E-state index contributed by atoms with van der Waals surface area (Å²) < 4.78 is 0.833. The second-order valence-corrected chi connectivity index (χ2v) is 11.8. The summed E-state index contributed by atoms with van der Waals surface area (Å²) in [6, 6.07) is 24.8. The third-order valence-electron chi connectivity index (χ3n) is 8.28. The van der Waals surface area contributed by atoms with Gasteiger partial charge in [0.05, 0.1) is 17.4 Å². The quantitative estimate of drug-likeness (QED) is 0.348. The fourth-order valence-electron chi connectivity index (χ4n) is 6.35. The molecule has 2 fully saturated rings. The lowest BCUT2D eigenvalue weighted by molar-refractivity contribution is -0.136. The molecule has 3 aromatic carbocycles. The van der Waals surface area contributed by atoms with Crippen molar-refractivity contribution in [2.75, 3.05) is 11.4 Å². The molecule has 0 unspecified atom stereocenters. The minimum atomic E-state index is -0.980. The molecule has 0 spiro atoms. The van der Waals surface area contributed by atoms with Gasteiger partial charge in [0.1, 0.15) is 6.54 Å². The van der Waals surface area contributed by atoms with Gasteiger partial charge in [0.25, 0.3) is 17.7 Å². The molecular formula is C32H27BrN6O3. The Kier molecular flexibility index (Phi) is 6.78. The van der Waals surface area contributed by atoms with Gasteiger partial charge in [-0.05, 0) is 66.3 Å². The van der Waals surface area contributed by atoms with Gasteiger partial charge in [-0.3, -0.25) is 19.4 Å². The van der Waals surface area contributed by atoms with Gasteiger partial charge < -0.3 is 0 Å². The first kappa shape index (κ1) is 26.5. The predicted molar refractivity (Wildman–Crippen MR) is 161 cm³/mol. The van der Waals surface area contributed by atoms with Crippen molar-refractivity contribution in [2.24, 2.45) is 21.4 Å². The van der Waals surface area contributed by atoms with Crippen LogP contribution < -0.4 is 4.90 Å². The van der Waals surface area contributed by atoms with Gasteiger partial charge in [0.15, 0.2) is 12.1 Å². The number of fused-ring (bicyclic) bond motifs is 2. The third kappa shape index (κ3) is 4.56. The number of hydrazone groups is 1. The summed E-state index contributed by atoms with van der Waals surface area (Å²) >= 11 is 3.38. The molecule has 9 nitrogen and oxygen atoms in total. The number of benzene rings is 3. The monoisotopic (exact) mass is 622 g/mol. The van der Waals surface area contributed by atoms with Crippen LogP contribution in [0, 0.1) is 5.92 Å². The molecule has 3 aromatic rings. The van der Waals surface area contributed by atoms with Crippen LogP contribution in [0.15, 0.2) is 110 Å². The van der Waals surface area contributed by atoms with Gasteiger partial charge in [0.2, 0.25) is 0 Å². The largest absolute Gasteiger partial charge is 0.271 e. The first-order valence-corrected chi connectivity index (χ1v) is 14.8. The predicted octanol–water partition coefficient (Wildman–Crippen LogP) is 5.57. The summed E-state index contributed by atoms with van der Waals surface area (Å²) in [7, 11) is 0. The van der Waals surface area contributed by atoms with E-state index in [1.807, 2.05) is 48.5 Å². The number of hydrogen-bond acceptors (Lipinski definition) is 7. The molecule has 42 heavy (non-hydrogen) atoms. The van der Waals surface area contributed by atoms with E-state index in [2.05, 4.69) is 44.5 Å². The summed E-state index contributed by atoms with van der Waals surface area (Å²) in [5.74, 6) is -1.14. The van der Waals surface area contributed by atoms with Crippen molar-refractivity contribution >= 4 is 51.1 Å².